The minimum absolute atomic E-state index is 0.0294. The standard InChI is InChI=1S/C39H35FN2O6S/c1-5-22-47-36-24-29(13-12-28(36)11-6-26-7-14-30(15-8-26)42(44)45)33-20-16-31(25-37(33)46-4)48-39(43)34-19-10-27(23-35(34)40)9-17-32-18-21-38(49-32)41(2)3/h6-21,23-25H,5,22H2,1-4H3/b11-6+,17-9+. The first-order valence-corrected chi connectivity index (χ1v) is 16.3. The number of nitro groups is 1. The number of hydrogen-bond acceptors (Lipinski definition) is 8. The van der Waals surface area contributed by atoms with E-state index in [1.165, 1.54) is 31.4 Å². The van der Waals surface area contributed by atoms with Gasteiger partial charge in [0.15, 0.2) is 0 Å². The maximum atomic E-state index is 15.0. The SMILES string of the molecule is CCCOc1cc(-c2ccc(OC(=O)c3ccc(/C=C/c4ccc(N(C)C)s4)cc3F)cc2OC)ccc1/C=C/c1ccc([N+](=O)[O-])cc1. The van der Waals surface area contributed by atoms with Crippen LogP contribution in [-0.4, -0.2) is 38.7 Å². The molecule has 0 spiro atoms. The Morgan fingerprint density at radius 2 is 1.63 bits per heavy atom. The Balaban J connectivity index is 1.32. The van der Waals surface area contributed by atoms with Crippen LogP contribution in [0.3, 0.4) is 0 Å². The highest BCUT2D eigenvalue weighted by Gasteiger charge is 2.17. The molecule has 0 fully saturated rings. The summed E-state index contributed by atoms with van der Waals surface area (Å²) in [6.07, 6.45) is 8.27. The Morgan fingerprint density at radius 3 is 2.31 bits per heavy atom. The van der Waals surface area contributed by atoms with Crippen molar-refractivity contribution >= 4 is 52.3 Å². The van der Waals surface area contributed by atoms with Crippen LogP contribution in [-0.2, 0) is 0 Å². The molecule has 0 radical (unpaired) electrons. The van der Waals surface area contributed by atoms with E-state index < -0.39 is 16.7 Å². The number of nitro benzene ring substituents is 1. The molecule has 5 rings (SSSR count). The van der Waals surface area contributed by atoms with Gasteiger partial charge in [0.1, 0.15) is 23.1 Å². The first kappa shape index (κ1) is 34.6. The molecule has 49 heavy (non-hydrogen) atoms. The van der Waals surface area contributed by atoms with E-state index in [0.717, 1.165) is 38.6 Å². The molecule has 0 saturated carbocycles. The minimum Gasteiger partial charge on any atom is -0.496 e. The van der Waals surface area contributed by atoms with Gasteiger partial charge in [0, 0.05) is 48.3 Å². The Morgan fingerprint density at radius 1 is 0.878 bits per heavy atom. The summed E-state index contributed by atoms with van der Waals surface area (Å²) >= 11 is 1.62. The zero-order valence-electron chi connectivity index (χ0n) is 27.5. The van der Waals surface area contributed by atoms with Crippen LogP contribution < -0.4 is 19.1 Å². The first-order valence-electron chi connectivity index (χ1n) is 15.5. The lowest BCUT2D eigenvalue weighted by Crippen LogP contribution is -2.11. The minimum atomic E-state index is -0.823. The summed E-state index contributed by atoms with van der Waals surface area (Å²) < 4.78 is 32.3. The van der Waals surface area contributed by atoms with Crippen molar-refractivity contribution in [2.24, 2.45) is 0 Å². The third-order valence-electron chi connectivity index (χ3n) is 7.44. The summed E-state index contributed by atoms with van der Waals surface area (Å²) in [4.78, 5) is 26.6. The molecule has 0 aliphatic rings. The van der Waals surface area contributed by atoms with E-state index in [1.807, 2.05) is 74.5 Å². The van der Waals surface area contributed by atoms with Crippen LogP contribution in [0.1, 0.15) is 45.3 Å². The van der Waals surface area contributed by atoms with Crippen LogP contribution in [0.2, 0.25) is 0 Å². The van der Waals surface area contributed by atoms with Crippen LogP contribution in [0.15, 0.2) is 91.0 Å². The van der Waals surface area contributed by atoms with E-state index in [0.29, 0.717) is 23.7 Å². The van der Waals surface area contributed by atoms with Crippen molar-refractivity contribution in [3.8, 4) is 28.4 Å². The number of rotatable bonds is 13. The van der Waals surface area contributed by atoms with Crippen molar-refractivity contribution in [2.75, 3.05) is 32.7 Å². The third kappa shape index (κ3) is 8.79. The molecule has 0 atom stereocenters. The van der Waals surface area contributed by atoms with Gasteiger partial charge in [0.2, 0.25) is 0 Å². The summed E-state index contributed by atoms with van der Waals surface area (Å²) in [6.45, 7) is 2.53. The highest BCUT2D eigenvalue weighted by atomic mass is 32.1. The van der Waals surface area contributed by atoms with Crippen LogP contribution in [0, 0.1) is 15.9 Å². The Hall–Kier alpha value is -5.74. The van der Waals surface area contributed by atoms with Crippen molar-refractivity contribution < 1.29 is 28.3 Å². The second-order valence-corrected chi connectivity index (χ2v) is 12.3. The molecule has 4 aromatic carbocycles. The Labute approximate surface area is 288 Å². The molecule has 1 heterocycles. The molecule has 5 aromatic rings. The maximum absolute atomic E-state index is 15.0. The number of thiophene rings is 1. The molecule has 0 aliphatic heterocycles. The molecular weight excluding hydrogens is 644 g/mol. The van der Waals surface area contributed by atoms with Crippen LogP contribution in [0.5, 0.6) is 17.2 Å². The van der Waals surface area contributed by atoms with Gasteiger partial charge in [-0.25, -0.2) is 9.18 Å². The van der Waals surface area contributed by atoms with Gasteiger partial charge < -0.3 is 19.1 Å². The summed E-state index contributed by atoms with van der Waals surface area (Å²) in [5.74, 6) is -0.201. The fraction of sp³-hybridized carbons (Fsp3) is 0.154. The van der Waals surface area contributed by atoms with Crippen molar-refractivity contribution in [2.45, 2.75) is 13.3 Å². The molecule has 8 nitrogen and oxygen atoms in total. The fourth-order valence-corrected chi connectivity index (χ4v) is 5.69. The summed E-state index contributed by atoms with van der Waals surface area (Å²) in [5, 5.41) is 12.1. The Kier molecular flexibility index (Phi) is 11.2. The third-order valence-corrected chi connectivity index (χ3v) is 8.65. The average molecular weight is 679 g/mol. The molecule has 0 aliphatic carbocycles. The molecule has 250 valence electrons. The molecule has 0 amide bonds. The van der Waals surface area contributed by atoms with Gasteiger partial charge in [-0.05, 0) is 83.8 Å². The highest BCUT2D eigenvalue weighted by molar-refractivity contribution is 7.16. The Bertz CT molecular complexity index is 2020. The number of methoxy groups -OCH3 is 1. The van der Waals surface area contributed by atoms with E-state index >= 15 is 4.39 Å². The van der Waals surface area contributed by atoms with Gasteiger partial charge in [0.25, 0.3) is 5.69 Å². The zero-order chi connectivity index (χ0) is 34.9. The van der Waals surface area contributed by atoms with Crippen molar-refractivity contribution in [3.63, 3.8) is 0 Å². The second kappa shape index (κ2) is 15.9. The molecule has 0 unspecified atom stereocenters. The van der Waals surface area contributed by atoms with E-state index in [1.54, 1.807) is 53.8 Å². The number of hydrogen-bond donors (Lipinski definition) is 0. The van der Waals surface area contributed by atoms with Crippen LogP contribution in [0.4, 0.5) is 15.1 Å². The zero-order valence-corrected chi connectivity index (χ0v) is 28.3. The molecule has 0 N–H and O–H groups in total. The molecule has 0 bridgehead atoms. The van der Waals surface area contributed by atoms with Gasteiger partial charge in [-0.2, -0.15) is 0 Å². The predicted molar refractivity (Wildman–Crippen MR) is 195 cm³/mol. The van der Waals surface area contributed by atoms with E-state index in [4.69, 9.17) is 14.2 Å². The first-order chi connectivity index (χ1) is 23.6. The summed E-state index contributed by atoms with van der Waals surface area (Å²) in [6, 6.07) is 25.4. The van der Waals surface area contributed by atoms with Gasteiger partial charge in [-0.1, -0.05) is 43.4 Å². The lowest BCUT2D eigenvalue weighted by atomic mass is 10.0. The lowest BCUT2D eigenvalue weighted by Gasteiger charge is -2.14. The predicted octanol–water partition coefficient (Wildman–Crippen LogP) is 9.89. The van der Waals surface area contributed by atoms with Gasteiger partial charge in [0.05, 0.1) is 29.2 Å². The quantitative estimate of drug-likeness (QED) is 0.0403. The largest absolute Gasteiger partial charge is 0.496 e. The number of anilines is 1. The molecule has 0 saturated heterocycles. The monoisotopic (exact) mass is 678 g/mol. The van der Waals surface area contributed by atoms with Crippen molar-refractivity contribution in [3.05, 3.63) is 134 Å². The number of esters is 1. The molecule has 10 heteroatoms. The van der Waals surface area contributed by atoms with Gasteiger partial charge in [-0.3, -0.25) is 10.1 Å². The average Bonchev–Trinajstić information content (AvgIpc) is 3.59. The van der Waals surface area contributed by atoms with Gasteiger partial charge in [-0.15, -0.1) is 11.3 Å². The number of nitrogens with zero attached hydrogens (tertiary/aromatic N) is 2. The van der Waals surface area contributed by atoms with Crippen molar-refractivity contribution in [1.29, 1.82) is 0 Å². The lowest BCUT2D eigenvalue weighted by molar-refractivity contribution is -0.384. The summed E-state index contributed by atoms with van der Waals surface area (Å²) in [7, 11) is 5.47. The van der Waals surface area contributed by atoms with E-state index in [2.05, 4.69) is 0 Å². The van der Waals surface area contributed by atoms with E-state index in [-0.39, 0.29) is 17.0 Å². The number of ether oxygens (including phenoxy) is 3. The summed E-state index contributed by atoms with van der Waals surface area (Å²) in [5.41, 5.74) is 3.65. The van der Waals surface area contributed by atoms with Gasteiger partial charge >= 0.3 is 5.97 Å². The normalized spacial score (nSPS) is 11.2. The molecule has 1 aromatic heterocycles. The number of non-ortho nitro benzene ring substituents is 1. The second-order valence-electron chi connectivity index (χ2n) is 11.2. The number of halogens is 1. The fourth-order valence-electron chi connectivity index (χ4n) is 4.86. The number of carbonyl (C=O) groups excluding carboxylic acids is 1. The topological polar surface area (TPSA) is 91.1 Å². The van der Waals surface area contributed by atoms with Crippen molar-refractivity contribution in [1.82, 2.24) is 0 Å². The number of benzene rings is 4. The number of carbonyl (C=O) groups is 1. The smallest absolute Gasteiger partial charge is 0.346 e. The van der Waals surface area contributed by atoms with Crippen LogP contribution >= 0.6 is 11.3 Å². The van der Waals surface area contributed by atoms with Crippen LogP contribution in [0.25, 0.3) is 35.4 Å². The van der Waals surface area contributed by atoms with E-state index in [9.17, 15) is 14.9 Å². The highest BCUT2D eigenvalue weighted by Crippen LogP contribution is 2.37. The maximum Gasteiger partial charge on any atom is 0.346 e. The molecular formula is C39H35FN2O6S.